The summed E-state index contributed by atoms with van der Waals surface area (Å²) in [7, 11) is 0. The van der Waals surface area contributed by atoms with E-state index in [1.807, 2.05) is 17.8 Å². The molecule has 0 saturated heterocycles. The second-order valence-corrected chi connectivity index (χ2v) is 8.93. The van der Waals surface area contributed by atoms with Crippen molar-refractivity contribution in [3.8, 4) is 0 Å². The number of aliphatic carboxylic acids is 2. The maximum atomic E-state index is 12.8. The van der Waals surface area contributed by atoms with E-state index in [9.17, 15) is 29.1 Å². The van der Waals surface area contributed by atoms with Gasteiger partial charge in [-0.15, -0.1) is 0 Å². The maximum Gasteiger partial charge on any atom is 0.326 e. The minimum absolute atomic E-state index is 0.221. The largest absolute Gasteiger partial charge is 0.481 e. The van der Waals surface area contributed by atoms with Crippen LogP contribution in [0.1, 0.15) is 26.2 Å². The molecular formula is C18H32N4O8S2. The molecule has 0 bridgehead atoms. The highest BCUT2D eigenvalue weighted by Crippen LogP contribution is 2.06. The van der Waals surface area contributed by atoms with E-state index in [1.165, 1.54) is 30.4 Å². The molecule has 0 rings (SSSR count). The fraction of sp³-hybridized carbons (Fsp3) is 0.722. The van der Waals surface area contributed by atoms with Gasteiger partial charge in [-0.3, -0.25) is 19.2 Å². The number of rotatable bonds is 16. The minimum atomic E-state index is -1.75. The van der Waals surface area contributed by atoms with Gasteiger partial charge in [-0.25, -0.2) is 4.79 Å². The highest BCUT2D eigenvalue weighted by Gasteiger charge is 2.33. The summed E-state index contributed by atoms with van der Waals surface area (Å²) in [5.74, 6) is -4.26. The third-order valence-electron chi connectivity index (χ3n) is 4.27. The molecule has 184 valence electrons. The van der Waals surface area contributed by atoms with Crippen LogP contribution in [0, 0.1) is 0 Å². The van der Waals surface area contributed by atoms with Gasteiger partial charge < -0.3 is 37.0 Å². The van der Waals surface area contributed by atoms with E-state index in [2.05, 4.69) is 10.6 Å². The summed E-state index contributed by atoms with van der Waals surface area (Å²) in [6.07, 6.45) is 1.98. The van der Waals surface area contributed by atoms with Crippen molar-refractivity contribution in [1.82, 2.24) is 16.0 Å². The second kappa shape index (κ2) is 15.7. The summed E-state index contributed by atoms with van der Waals surface area (Å²) in [5, 5.41) is 34.6. The molecule has 3 amide bonds. The Hall–Kier alpha value is -2.03. The number of carbonyl (C=O) groups excluding carboxylic acids is 3. The number of amides is 3. The monoisotopic (exact) mass is 496 g/mol. The lowest BCUT2D eigenvalue weighted by Crippen LogP contribution is -2.60. The van der Waals surface area contributed by atoms with E-state index in [4.69, 9.17) is 15.9 Å². The summed E-state index contributed by atoms with van der Waals surface area (Å²) in [6, 6.07) is -5.19. The molecular weight excluding hydrogens is 464 g/mol. The maximum absolute atomic E-state index is 12.8. The van der Waals surface area contributed by atoms with Gasteiger partial charge in [0.1, 0.15) is 18.1 Å². The number of thioether (sulfide) groups is 2. The van der Waals surface area contributed by atoms with Gasteiger partial charge in [0.25, 0.3) is 0 Å². The molecule has 0 fully saturated rings. The number of hydrogen-bond donors (Lipinski definition) is 7. The molecule has 0 aliphatic rings. The van der Waals surface area contributed by atoms with E-state index in [0.717, 1.165) is 0 Å². The molecule has 0 aromatic carbocycles. The predicted octanol–water partition coefficient (Wildman–Crippen LogP) is -1.79. The highest BCUT2D eigenvalue weighted by atomic mass is 32.2. The van der Waals surface area contributed by atoms with Crippen LogP contribution in [0.5, 0.6) is 0 Å². The average molecular weight is 497 g/mol. The van der Waals surface area contributed by atoms with Crippen molar-refractivity contribution in [2.45, 2.75) is 56.5 Å². The van der Waals surface area contributed by atoms with Crippen molar-refractivity contribution in [3.63, 3.8) is 0 Å². The first kappa shape index (κ1) is 30.0. The summed E-state index contributed by atoms with van der Waals surface area (Å²) in [6.45, 7) is 1.20. The van der Waals surface area contributed by atoms with Gasteiger partial charge in [0.2, 0.25) is 17.7 Å². The molecule has 0 saturated carbocycles. The van der Waals surface area contributed by atoms with Crippen LogP contribution in [0.4, 0.5) is 0 Å². The Balaban J connectivity index is 5.34. The van der Waals surface area contributed by atoms with Crippen LogP contribution >= 0.6 is 23.5 Å². The Morgan fingerprint density at radius 3 is 1.84 bits per heavy atom. The molecule has 0 heterocycles. The number of aliphatic hydroxyl groups excluding tert-OH is 1. The third-order valence-corrected chi connectivity index (χ3v) is 5.56. The zero-order valence-corrected chi connectivity index (χ0v) is 19.8. The van der Waals surface area contributed by atoms with Gasteiger partial charge in [-0.1, -0.05) is 0 Å². The van der Waals surface area contributed by atoms with Crippen LogP contribution in [-0.2, 0) is 24.0 Å². The molecule has 0 aliphatic carbocycles. The number of carbonyl (C=O) groups is 5. The van der Waals surface area contributed by atoms with Gasteiger partial charge in [0, 0.05) is 0 Å². The summed E-state index contributed by atoms with van der Waals surface area (Å²) < 4.78 is 0. The Bertz CT molecular complexity index is 665. The van der Waals surface area contributed by atoms with Crippen LogP contribution < -0.4 is 21.7 Å². The van der Waals surface area contributed by atoms with Crippen molar-refractivity contribution in [1.29, 1.82) is 0 Å². The van der Waals surface area contributed by atoms with Crippen molar-refractivity contribution in [2.24, 2.45) is 5.73 Å². The van der Waals surface area contributed by atoms with Gasteiger partial charge in [0.15, 0.2) is 0 Å². The number of nitrogens with one attached hydrogen (secondary N) is 3. The lowest BCUT2D eigenvalue weighted by atomic mass is 10.1. The first-order valence-corrected chi connectivity index (χ1v) is 12.5. The van der Waals surface area contributed by atoms with Gasteiger partial charge in [0.05, 0.1) is 18.6 Å². The quantitative estimate of drug-likeness (QED) is 0.127. The molecule has 5 unspecified atom stereocenters. The van der Waals surface area contributed by atoms with Crippen LogP contribution in [-0.4, -0.2) is 99.3 Å². The van der Waals surface area contributed by atoms with Crippen LogP contribution in [0.15, 0.2) is 0 Å². The molecule has 12 nitrogen and oxygen atoms in total. The van der Waals surface area contributed by atoms with E-state index >= 15 is 0 Å². The normalized spacial score (nSPS) is 15.5. The molecule has 0 aromatic heterocycles. The fourth-order valence-corrected chi connectivity index (χ4v) is 3.42. The number of aliphatic hydroxyl groups is 1. The summed E-state index contributed by atoms with van der Waals surface area (Å²) in [5.41, 5.74) is 5.83. The van der Waals surface area contributed by atoms with Crippen molar-refractivity contribution < 1.29 is 39.3 Å². The zero-order chi connectivity index (χ0) is 24.8. The predicted molar refractivity (Wildman–Crippen MR) is 121 cm³/mol. The van der Waals surface area contributed by atoms with Crippen LogP contribution in [0.25, 0.3) is 0 Å². The lowest BCUT2D eigenvalue weighted by molar-refractivity contribution is -0.148. The average Bonchev–Trinajstić information content (AvgIpc) is 2.71. The van der Waals surface area contributed by atoms with Crippen LogP contribution in [0.2, 0.25) is 0 Å². The van der Waals surface area contributed by atoms with Crippen molar-refractivity contribution in [2.75, 3.05) is 24.0 Å². The first-order chi connectivity index (χ1) is 14.9. The Morgan fingerprint density at radius 1 is 0.844 bits per heavy atom. The molecule has 14 heteroatoms. The number of hydrogen-bond acceptors (Lipinski definition) is 9. The number of nitrogens with two attached hydrogens (primary N) is 1. The standard InChI is InChI=1S/C18H32N4O8S2/c1-9(23)14(17(28)21-12(18(29)30)8-13(24)25)22-16(27)11(5-7-32-3)20-15(26)10(19)4-6-31-2/h9-12,14,23H,4-8,19H2,1-3H3,(H,20,26)(H,21,28)(H,22,27)(H,24,25)(H,29,30). The second-order valence-electron chi connectivity index (χ2n) is 6.95. The zero-order valence-electron chi connectivity index (χ0n) is 18.2. The van der Waals surface area contributed by atoms with E-state index in [0.29, 0.717) is 17.9 Å². The summed E-state index contributed by atoms with van der Waals surface area (Å²) in [4.78, 5) is 59.5. The molecule has 0 radical (unpaired) electrons. The van der Waals surface area contributed by atoms with E-state index in [1.54, 1.807) is 0 Å². The molecule has 5 atom stereocenters. The molecule has 0 aliphatic heterocycles. The van der Waals surface area contributed by atoms with E-state index < -0.39 is 66.4 Å². The Kier molecular flexibility index (Phi) is 14.7. The third kappa shape index (κ3) is 11.5. The van der Waals surface area contributed by atoms with Crippen molar-refractivity contribution in [3.05, 3.63) is 0 Å². The fourth-order valence-electron chi connectivity index (χ4n) is 2.45. The van der Waals surface area contributed by atoms with Crippen molar-refractivity contribution >= 4 is 53.2 Å². The van der Waals surface area contributed by atoms with Gasteiger partial charge in [-0.2, -0.15) is 23.5 Å². The lowest BCUT2D eigenvalue weighted by Gasteiger charge is -2.26. The summed E-state index contributed by atoms with van der Waals surface area (Å²) >= 11 is 2.95. The Labute approximate surface area is 194 Å². The minimum Gasteiger partial charge on any atom is -0.481 e. The Morgan fingerprint density at radius 2 is 1.38 bits per heavy atom. The molecule has 32 heavy (non-hydrogen) atoms. The first-order valence-electron chi connectivity index (χ1n) is 9.71. The van der Waals surface area contributed by atoms with Gasteiger partial charge >= 0.3 is 11.9 Å². The molecule has 0 aromatic rings. The SMILES string of the molecule is CSCCC(N)C(=O)NC(CCSC)C(=O)NC(C(=O)NC(CC(=O)O)C(=O)O)C(C)O. The van der Waals surface area contributed by atoms with Crippen LogP contribution in [0.3, 0.4) is 0 Å². The highest BCUT2D eigenvalue weighted by molar-refractivity contribution is 7.98. The number of carboxylic acids is 2. The smallest absolute Gasteiger partial charge is 0.326 e. The van der Waals surface area contributed by atoms with Gasteiger partial charge in [-0.05, 0) is 43.8 Å². The molecule has 8 N–H and O–H groups in total. The number of carboxylic acid groups (broad SMARTS) is 2. The van der Waals surface area contributed by atoms with E-state index in [-0.39, 0.29) is 6.42 Å². The molecule has 0 spiro atoms. The topological polar surface area (TPSA) is 208 Å².